The number of carboxylic acids is 1. The molecule has 1 unspecified atom stereocenters. The Kier molecular flexibility index (Phi) is 3.82. The lowest BCUT2D eigenvalue weighted by Gasteiger charge is -2.13. The van der Waals surface area contributed by atoms with Crippen molar-refractivity contribution in [2.75, 3.05) is 6.54 Å². The molecule has 5 heteroatoms. The summed E-state index contributed by atoms with van der Waals surface area (Å²) in [6.45, 7) is 1.66. The second-order valence-electron chi connectivity index (χ2n) is 3.25. The molecule has 3 nitrogen and oxygen atoms in total. The van der Waals surface area contributed by atoms with E-state index in [4.69, 9.17) is 10.8 Å². The van der Waals surface area contributed by atoms with Gasteiger partial charge >= 0.3 is 5.97 Å². The lowest BCUT2D eigenvalue weighted by Crippen LogP contribution is -2.22. The van der Waals surface area contributed by atoms with Crippen molar-refractivity contribution < 1.29 is 14.3 Å². The highest BCUT2D eigenvalue weighted by atomic mass is 79.9. The van der Waals surface area contributed by atoms with Gasteiger partial charge in [-0.15, -0.1) is 0 Å². The number of hydrogen-bond donors (Lipinski definition) is 2. The minimum absolute atomic E-state index is 0.00571. The van der Waals surface area contributed by atoms with Gasteiger partial charge in [-0.25, -0.2) is 4.39 Å². The fraction of sp³-hybridized carbons (Fsp3) is 0.300. The van der Waals surface area contributed by atoms with E-state index in [1.807, 2.05) is 0 Å². The summed E-state index contributed by atoms with van der Waals surface area (Å²) in [5.74, 6) is -2.20. The van der Waals surface area contributed by atoms with Crippen LogP contribution in [-0.2, 0) is 4.79 Å². The van der Waals surface area contributed by atoms with Crippen LogP contribution in [0.3, 0.4) is 0 Å². The number of halogens is 2. The minimum atomic E-state index is -1.00. The van der Waals surface area contributed by atoms with Gasteiger partial charge in [-0.1, -0.05) is 0 Å². The molecule has 15 heavy (non-hydrogen) atoms. The first-order chi connectivity index (χ1) is 6.97. The van der Waals surface area contributed by atoms with E-state index in [0.29, 0.717) is 11.1 Å². The third-order valence-corrected chi connectivity index (χ3v) is 2.83. The summed E-state index contributed by atoms with van der Waals surface area (Å²) in [7, 11) is 0. The lowest BCUT2D eigenvalue weighted by molar-refractivity contribution is -0.138. The number of aryl methyl sites for hydroxylation is 1. The second kappa shape index (κ2) is 4.72. The van der Waals surface area contributed by atoms with Crippen LogP contribution >= 0.6 is 15.9 Å². The molecule has 0 spiro atoms. The number of carbonyl (C=O) groups is 1. The van der Waals surface area contributed by atoms with E-state index >= 15 is 0 Å². The zero-order valence-electron chi connectivity index (χ0n) is 8.13. The van der Waals surface area contributed by atoms with Gasteiger partial charge in [-0.2, -0.15) is 0 Å². The van der Waals surface area contributed by atoms with Crippen molar-refractivity contribution in [1.82, 2.24) is 0 Å². The van der Waals surface area contributed by atoms with Gasteiger partial charge in [0.2, 0.25) is 0 Å². The van der Waals surface area contributed by atoms with E-state index < -0.39 is 17.7 Å². The molecule has 82 valence electrons. The largest absolute Gasteiger partial charge is 0.481 e. The van der Waals surface area contributed by atoms with Gasteiger partial charge in [0, 0.05) is 6.54 Å². The Morgan fingerprint density at radius 1 is 1.67 bits per heavy atom. The number of aliphatic carboxylic acids is 1. The maximum absolute atomic E-state index is 13.1. The Morgan fingerprint density at radius 2 is 2.27 bits per heavy atom. The highest BCUT2D eigenvalue weighted by Gasteiger charge is 2.21. The normalized spacial score (nSPS) is 12.5. The molecule has 0 aliphatic heterocycles. The number of benzene rings is 1. The van der Waals surface area contributed by atoms with Crippen LogP contribution in [0.2, 0.25) is 0 Å². The summed E-state index contributed by atoms with van der Waals surface area (Å²) in [5.41, 5.74) is 6.50. The highest BCUT2D eigenvalue weighted by Crippen LogP contribution is 2.26. The quantitative estimate of drug-likeness (QED) is 0.887. The van der Waals surface area contributed by atoms with E-state index in [2.05, 4.69) is 15.9 Å². The lowest BCUT2D eigenvalue weighted by atomic mass is 9.95. The van der Waals surface area contributed by atoms with Gasteiger partial charge in [0.25, 0.3) is 0 Å². The molecule has 1 rings (SSSR count). The molecule has 1 atom stereocenters. The number of nitrogens with two attached hydrogens (primary N) is 1. The van der Waals surface area contributed by atoms with Crippen LogP contribution in [0.1, 0.15) is 17.0 Å². The molecule has 0 saturated carbocycles. The first kappa shape index (κ1) is 12.1. The van der Waals surface area contributed by atoms with Crippen molar-refractivity contribution in [3.63, 3.8) is 0 Å². The van der Waals surface area contributed by atoms with Crippen molar-refractivity contribution in [2.45, 2.75) is 12.8 Å². The van der Waals surface area contributed by atoms with E-state index in [9.17, 15) is 9.18 Å². The molecule has 3 N–H and O–H groups in total. The summed E-state index contributed by atoms with van der Waals surface area (Å²) < 4.78 is 13.4. The molecule has 0 fully saturated rings. The fourth-order valence-corrected chi connectivity index (χ4v) is 1.76. The van der Waals surface area contributed by atoms with Crippen molar-refractivity contribution in [2.24, 2.45) is 5.73 Å². The Hall–Kier alpha value is -0.940. The predicted molar refractivity (Wildman–Crippen MR) is 58.3 cm³/mol. The van der Waals surface area contributed by atoms with Crippen LogP contribution in [0.25, 0.3) is 0 Å². The molecular formula is C10H11BrFNO2. The molecule has 0 heterocycles. The van der Waals surface area contributed by atoms with E-state index in [-0.39, 0.29) is 11.0 Å². The number of hydrogen-bond acceptors (Lipinski definition) is 2. The van der Waals surface area contributed by atoms with E-state index in [0.717, 1.165) is 0 Å². The average molecular weight is 276 g/mol. The van der Waals surface area contributed by atoms with Crippen LogP contribution in [0.15, 0.2) is 16.6 Å². The van der Waals surface area contributed by atoms with Gasteiger partial charge in [0.05, 0.1) is 10.4 Å². The summed E-state index contributed by atoms with van der Waals surface area (Å²) in [6, 6.07) is 2.77. The standard InChI is InChI=1S/C10H11BrFNO2/c1-5-2-9(12)8(11)3-6(5)7(4-13)10(14)15/h2-3,7H,4,13H2,1H3,(H,14,15). The van der Waals surface area contributed by atoms with Crippen LogP contribution in [-0.4, -0.2) is 17.6 Å². The molecule has 0 amide bonds. The third kappa shape index (κ3) is 2.54. The maximum atomic E-state index is 13.1. The Labute approximate surface area is 95.2 Å². The third-order valence-electron chi connectivity index (χ3n) is 2.22. The van der Waals surface area contributed by atoms with Gasteiger partial charge in [0.15, 0.2) is 0 Å². The van der Waals surface area contributed by atoms with Crippen molar-refractivity contribution in [3.05, 3.63) is 33.5 Å². The topological polar surface area (TPSA) is 63.3 Å². The van der Waals surface area contributed by atoms with Crippen LogP contribution in [0.4, 0.5) is 4.39 Å². The number of carboxylic acid groups (broad SMARTS) is 1. The smallest absolute Gasteiger partial charge is 0.312 e. The minimum Gasteiger partial charge on any atom is -0.481 e. The highest BCUT2D eigenvalue weighted by molar-refractivity contribution is 9.10. The Morgan fingerprint density at radius 3 is 2.73 bits per heavy atom. The predicted octanol–water partition coefficient (Wildman–Crippen LogP) is 2.02. The molecular weight excluding hydrogens is 265 g/mol. The van der Waals surface area contributed by atoms with Gasteiger partial charge in [-0.05, 0) is 46.1 Å². The Balaban J connectivity index is 3.24. The summed E-state index contributed by atoms with van der Waals surface area (Å²) in [5, 5.41) is 8.92. The van der Waals surface area contributed by atoms with Crippen LogP contribution in [0, 0.1) is 12.7 Å². The molecule has 0 saturated heterocycles. The molecule has 0 aromatic heterocycles. The van der Waals surface area contributed by atoms with Gasteiger partial charge < -0.3 is 10.8 Å². The second-order valence-corrected chi connectivity index (χ2v) is 4.10. The maximum Gasteiger partial charge on any atom is 0.312 e. The summed E-state index contributed by atoms with van der Waals surface area (Å²) in [6.07, 6.45) is 0. The zero-order valence-corrected chi connectivity index (χ0v) is 9.71. The first-order valence-corrected chi connectivity index (χ1v) is 5.15. The zero-order chi connectivity index (χ0) is 11.6. The molecule has 0 radical (unpaired) electrons. The fourth-order valence-electron chi connectivity index (χ4n) is 1.40. The average Bonchev–Trinajstić information content (AvgIpc) is 2.14. The van der Waals surface area contributed by atoms with Crippen molar-refractivity contribution >= 4 is 21.9 Å². The van der Waals surface area contributed by atoms with Crippen molar-refractivity contribution in [1.29, 1.82) is 0 Å². The SMILES string of the molecule is Cc1cc(F)c(Br)cc1C(CN)C(=O)O. The number of rotatable bonds is 3. The molecule has 0 bridgehead atoms. The monoisotopic (exact) mass is 275 g/mol. The van der Waals surface area contributed by atoms with E-state index in [1.54, 1.807) is 6.92 Å². The molecule has 1 aromatic carbocycles. The molecule has 0 aliphatic rings. The Bertz CT molecular complexity index is 395. The molecule has 1 aromatic rings. The van der Waals surface area contributed by atoms with Crippen molar-refractivity contribution in [3.8, 4) is 0 Å². The molecule has 0 aliphatic carbocycles. The van der Waals surface area contributed by atoms with Gasteiger partial charge in [-0.3, -0.25) is 4.79 Å². The summed E-state index contributed by atoms with van der Waals surface area (Å²) in [4.78, 5) is 10.9. The van der Waals surface area contributed by atoms with Crippen LogP contribution in [0.5, 0.6) is 0 Å². The van der Waals surface area contributed by atoms with E-state index in [1.165, 1.54) is 12.1 Å². The summed E-state index contributed by atoms with van der Waals surface area (Å²) >= 11 is 3.02. The van der Waals surface area contributed by atoms with Gasteiger partial charge in [0.1, 0.15) is 5.82 Å². The first-order valence-electron chi connectivity index (χ1n) is 4.35. The van der Waals surface area contributed by atoms with Crippen LogP contribution < -0.4 is 5.73 Å².